The second-order valence-corrected chi connectivity index (χ2v) is 14.1. The van der Waals surface area contributed by atoms with E-state index in [1.165, 1.54) is 9.80 Å². The predicted octanol–water partition coefficient (Wildman–Crippen LogP) is 6.01. The maximum absolute atomic E-state index is 13.4. The molecule has 0 aliphatic rings. The second kappa shape index (κ2) is 21.4. The number of fused-ring (bicyclic) bond motifs is 2. The Morgan fingerprint density at radius 3 is 1.37 bits per heavy atom. The van der Waals surface area contributed by atoms with Crippen molar-refractivity contribution in [3.8, 4) is 24.7 Å². The van der Waals surface area contributed by atoms with Crippen molar-refractivity contribution in [1.82, 2.24) is 29.1 Å². The van der Waals surface area contributed by atoms with Crippen molar-refractivity contribution in [3.05, 3.63) is 133 Å². The average Bonchev–Trinajstić information content (AvgIpc) is 3.85. The van der Waals surface area contributed by atoms with Crippen molar-refractivity contribution in [1.29, 1.82) is 0 Å². The number of hydrogen-bond acceptors (Lipinski definition) is 10. The van der Waals surface area contributed by atoms with E-state index >= 15 is 0 Å². The van der Waals surface area contributed by atoms with E-state index in [2.05, 4.69) is 55.0 Å². The maximum atomic E-state index is 13.4. The lowest BCUT2D eigenvalue weighted by Gasteiger charge is -2.26. The van der Waals surface area contributed by atoms with E-state index in [4.69, 9.17) is 22.3 Å². The molecule has 0 unspecified atom stereocenters. The third-order valence-corrected chi connectivity index (χ3v) is 9.89. The molecular formula is C48H48N8O6. The van der Waals surface area contributed by atoms with Crippen LogP contribution in [-0.4, -0.2) is 92.3 Å². The third-order valence-electron chi connectivity index (χ3n) is 9.89. The minimum absolute atomic E-state index is 0.0310. The second-order valence-electron chi connectivity index (χ2n) is 14.1. The van der Waals surface area contributed by atoms with Crippen LogP contribution in [0.4, 0.5) is 11.4 Å². The van der Waals surface area contributed by atoms with Crippen molar-refractivity contribution >= 4 is 56.9 Å². The number of amides is 2. The van der Waals surface area contributed by atoms with Crippen molar-refractivity contribution in [2.24, 2.45) is 0 Å². The molecule has 14 heteroatoms. The van der Waals surface area contributed by atoms with Gasteiger partial charge in [0.1, 0.15) is 0 Å². The molecule has 4 aromatic heterocycles. The predicted molar refractivity (Wildman–Crippen MR) is 238 cm³/mol. The molecule has 0 atom stereocenters. The Morgan fingerprint density at radius 1 is 0.613 bits per heavy atom. The molecule has 2 aromatic carbocycles. The monoisotopic (exact) mass is 832 g/mol. The van der Waals surface area contributed by atoms with E-state index in [0.29, 0.717) is 0 Å². The number of para-hydroxylation sites is 2. The molecule has 6 rings (SSSR count). The van der Waals surface area contributed by atoms with Crippen molar-refractivity contribution in [3.63, 3.8) is 0 Å². The Bertz CT molecular complexity index is 2430. The first-order valence-corrected chi connectivity index (χ1v) is 20.2. The van der Waals surface area contributed by atoms with Crippen LogP contribution >= 0.6 is 0 Å². The van der Waals surface area contributed by atoms with Gasteiger partial charge in [0, 0.05) is 86.3 Å². The molecule has 0 aliphatic carbocycles. The molecule has 2 amide bonds. The molecular weight excluding hydrogens is 785 g/mol. The van der Waals surface area contributed by atoms with Gasteiger partial charge in [-0.05, 0) is 60.4 Å². The van der Waals surface area contributed by atoms with Gasteiger partial charge in [0.2, 0.25) is 0 Å². The fourth-order valence-corrected chi connectivity index (χ4v) is 7.07. The molecule has 0 saturated heterocycles. The van der Waals surface area contributed by atoms with Crippen LogP contribution in [0.15, 0.2) is 122 Å². The Kier molecular flexibility index (Phi) is 15.1. The van der Waals surface area contributed by atoms with Crippen LogP contribution in [0.25, 0.3) is 21.8 Å². The van der Waals surface area contributed by atoms with Crippen LogP contribution in [0.5, 0.6) is 0 Å². The van der Waals surface area contributed by atoms with Gasteiger partial charge in [-0.1, -0.05) is 62.1 Å². The van der Waals surface area contributed by atoms with E-state index in [9.17, 15) is 19.2 Å². The molecule has 0 N–H and O–H groups in total. The van der Waals surface area contributed by atoms with E-state index in [0.717, 1.165) is 82.4 Å². The van der Waals surface area contributed by atoms with E-state index in [1.54, 1.807) is 24.8 Å². The Hall–Kier alpha value is -7.84. The summed E-state index contributed by atoms with van der Waals surface area (Å²) >= 11 is 0. The summed E-state index contributed by atoms with van der Waals surface area (Å²) < 4.78 is 14.5. The topological polar surface area (TPSA) is 135 Å². The van der Waals surface area contributed by atoms with E-state index in [-0.39, 0.29) is 26.2 Å². The van der Waals surface area contributed by atoms with Crippen LogP contribution in [0.2, 0.25) is 0 Å². The van der Waals surface area contributed by atoms with Gasteiger partial charge in [-0.25, -0.2) is 9.59 Å². The van der Waals surface area contributed by atoms with Crippen molar-refractivity contribution in [2.75, 3.05) is 49.4 Å². The van der Waals surface area contributed by atoms with Crippen molar-refractivity contribution < 1.29 is 28.7 Å². The number of carbonyl (C=O) groups excluding carboxylic acids is 4. The summed E-state index contributed by atoms with van der Waals surface area (Å²) in [5, 5.41) is 6.13. The van der Waals surface area contributed by atoms with E-state index < -0.39 is 37.0 Å². The van der Waals surface area contributed by atoms with Gasteiger partial charge in [0.25, 0.3) is 11.8 Å². The van der Waals surface area contributed by atoms with Gasteiger partial charge >= 0.3 is 11.9 Å². The van der Waals surface area contributed by atoms with Gasteiger partial charge < -0.3 is 19.3 Å². The number of pyridine rings is 2. The summed E-state index contributed by atoms with van der Waals surface area (Å²) in [5.74, 6) is 2.06. The molecule has 316 valence electrons. The Morgan fingerprint density at radius 2 is 1.00 bits per heavy atom. The quantitative estimate of drug-likeness (QED) is 0.0512. The SMILES string of the molecule is C#CCN(Cc1cn(N(CCC)c2ccncc2)c2ccccc12)C(=O)COC(=O)/C=C\C(=O)OCC(=O)N(CC#C)Cc1cn(N(CCC)c2ccncc2)c2ccccc12. The first-order valence-electron chi connectivity index (χ1n) is 20.2. The van der Waals surface area contributed by atoms with Gasteiger partial charge in [0.15, 0.2) is 13.2 Å². The summed E-state index contributed by atoms with van der Waals surface area (Å²) in [5.41, 5.74) is 5.48. The molecule has 6 aromatic rings. The highest BCUT2D eigenvalue weighted by Crippen LogP contribution is 2.28. The summed E-state index contributed by atoms with van der Waals surface area (Å²) in [6.07, 6.45) is 25.6. The van der Waals surface area contributed by atoms with Crippen LogP contribution in [0.3, 0.4) is 0 Å². The first kappa shape index (κ1) is 43.7. The summed E-state index contributed by atoms with van der Waals surface area (Å²) in [7, 11) is 0. The molecule has 0 fully saturated rings. The van der Waals surface area contributed by atoms with Gasteiger partial charge in [0.05, 0.1) is 35.5 Å². The fraction of sp³-hybridized carbons (Fsp3) is 0.250. The number of ether oxygens (including phenoxy) is 2. The zero-order valence-corrected chi connectivity index (χ0v) is 34.8. The standard InChI is InChI=1S/C48H48N8O6/c1-5-27-51(31-37-33-55(43-15-11-9-13-41(37)43)53(29-7-3)39-19-23-49-24-20-39)45(57)35-61-47(59)17-18-48(60)62-36-46(58)52(28-6-2)32-38-34-56(44-16-12-10-14-42(38)44)54(30-8-4)40-21-25-50-26-22-40/h1-2,9-26,33-34H,7-8,27-32,35-36H2,3-4H3/b18-17-. The summed E-state index contributed by atoms with van der Waals surface area (Å²) in [6, 6.07) is 23.5. The summed E-state index contributed by atoms with van der Waals surface area (Å²) in [6.45, 7) is 4.66. The minimum Gasteiger partial charge on any atom is -0.452 e. The van der Waals surface area contributed by atoms with Gasteiger partial charge in [-0.3, -0.25) is 38.9 Å². The summed E-state index contributed by atoms with van der Waals surface area (Å²) in [4.78, 5) is 63.1. The van der Waals surface area contributed by atoms with Crippen LogP contribution in [-0.2, 0) is 41.7 Å². The number of rotatable bonds is 20. The lowest BCUT2D eigenvalue weighted by Crippen LogP contribution is -2.35. The zero-order chi connectivity index (χ0) is 43.8. The average molecular weight is 833 g/mol. The number of terminal acetylenes is 2. The first-order chi connectivity index (χ1) is 30.3. The lowest BCUT2D eigenvalue weighted by molar-refractivity contribution is -0.149. The van der Waals surface area contributed by atoms with Gasteiger partial charge in [-0.2, -0.15) is 0 Å². The Balaban J connectivity index is 1.05. The highest BCUT2D eigenvalue weighted by Gasteiger charge is 2.22. The number of esters is 2. The van der Waals surface area contributed by atoms with Crippen LogP contribution in [0.1, 0.15) is 37.8 Å². The van der Waals surface area contributed by atoms with Crippen molar-refractivity contribution in [2.45, 2.75) is 39.8 Å². The van der Waals surface area contributed by atoms with Gasteiger partial charge in [-0.15, -0.1) is 12.8 Å². The molecule has 0 bridgehead atoms. The number of hydrogen-bond donors (Lipinski definition) is 0. The number of anilines is 2. The molecule has 0 radical (unpaired) electrons. The molecule has 0 aliphatic heterocycles. The fourth-order valence-electron chi connectivity index (χ4n) is 7.07. The number of aromatic nitrogens is 4. The third kappa shape index (κ3) is 10.7. The largest absolute Gasteiger partial charge is 0.452 e. The highest BCUT2D eigenvalue weighted by atomic mass is 16.5. The molecule has 62 heavy (non-hydrogen) atoms. The number of nitrogens with zero attached hydrogens (tertiary/aromatic N) is 8. The normalized spacial score (nSPS) is 10.9. The van der Waals surface area contributed by atoms with Crippen LogP contribution < -0.4 is 10.0 Å². The molecule has 4 heterocycles. The lowest BCUT2D eigenvalue weighted by atomic mass is 10.1. The smallest absolute Gasteiger partial charge is 0.331 e. The molecule has 0 spiro atoms. The van der Waals surface area contributed by atoms with E-state index in [1.807, 2.05) is 85.2 Å². The number of carbonyl (C=O) groups is 4. The number of benzene rings is 2. The molecule has 0 saturated carbocycles. The highest BCUT2D eigenvalue weighted by molar-refractivity contribution is 5.94. The minimum atomic E-state index is -0.958. The molecule has 14 nitrogen and oxygen atoms in total. The Labute approximate surface area is 360 Å². The maximum Gasteiger partial charge on any atom is 0.331 e. The van der Waals surface area contributed by atoms with Crippen LogP contribution in [0, 0.1) is 24.7 Å². The zero-order valence-electron chi connectivity index (χ0n) is 34.8.